The number of alkyl halides is 1. The lowest BCUT2D eigenvalue weighted by atomic mass is 9.86. The number of carbonyl (C=O) groups is 3. The van der Waals surface area contributed by atoms with E-state index in [2.05, 4.69) is 115 Å². The topological polar surface area (TPSA) is 312 Å². The highest BCUT2D eigenvalue weighted by Gasteiger charge is 2.20. The molecule has 0 saturated carbocycles. The molecule has 0 aliphatic carbocycles. The number of carbonyl (C=O) groups excluding carboxylic acids is 2. The Labute approximate surface area is 554 Å². The molecule has 11 aromatic rings. The first-order valence-corrected chi connectivity index (χ1v) is 30.3. The van der Waals surface area contributed by atoms with Gasteiger partial charge in [-0.1, -0.05) is 7.43 Å². The number of oxazole rings is 1. The number of ether oxygens (including phenoxy) is 2. The van der Waals surface area contributed by atoms with E-state index in [1.807, 2.05) is 85.6 Å². The molecule has 0 aliphatic heterocycles. The predicted molar refractivity (Wildman–Crippen MR) is 358 cm³/mol. The van der Waals surface area contributed by atoms with Gasteiger partial charge in [-0.25, -0.2) is 24.5 Å². The first-order chi connectivity index (χ1) is 43.8. The minimum atomic E-state index is -1.43. The summed E-state index contributed by atoms with van der Waals surface area (Å²) in [5, 5.41) is 52.2. The lowest BCUT2D eigenvalue weighted by Crippen LogP contribution is -2.37. The fourth-order valence-corrected chi connectivity index (χ4v) is 9.62. The third-order valence-electron chi connectivity index (χ3n) is 12.8. The summed E-state index contributed by atoms with van der Waals surface area (Å²) in [5.41, 5.74) is 9.89. The van der Waals surface area contributed by atoms with E-state index in [0.29, 0.717) is 61.4 Å². The summed E-state index contributed by atoms with van der Waals surface area (Å²) in [6.07, 6.45) is 17.0. The second-order valence-corrected chi connectivity index (χ2v) is 22.2. The minimum absolute atomic E-state index is 0. The quantitative estimate of drug-likeness (QED) is 0.0302. The van der Waals surface area contributed by atoms with Crippen LogP contribution in [0.5, 0.6) is 5.75 Å². The Balaban J connectivity index is 0.000000209. The lowest BCUT2D eigenvalue weighted by molar-refractivity contribution is 0.0591. The Bertz CT molecular complexity index is 4070. The number of carboxylic acids is 1. The molecule has 0 spiro atoms. The zero-order valence-electron chi connectivity index (χ0n) is 51.2. The summed E-state index contributed by atoms with van der Waals surface area (Å²) < 4.78 is 24.5. The number of aldehydes is 1. The molecule has 0 saturated heterocycles. The van der Waals surface area contributed by atoms with Gasteiger partial charge in [-0.2, -0.15) is 20.4 Å². The van der Waals surface area contributed by atoms with Crippen molar-refractivity contribution in [3.8, 4) is 39.5 Å². The summed E-state index contributed by atoms with van der Waals surface area (Å²) in [5.74, 6) is -0.614. The zero-order valence-corrected chi connectivity index (χ0v) is 55.2. The number of methoxy groups -OCH3 is 1. The Morgan fingerprint density at radius 3 is 1.50 bits per heavy atom. The molecule has 0 bridgehead atoms. The van der Waals surface area contributed by atoms with E-state index in [1.54, 1.807) is 101 Å². The number of nitrogens with zero attached hydrogens (tertiary/aromatic N) is 14. The number of hydrogen-bond donors (Lipinski definition) is 4. The summed E-state index contributed by atoms with van der Waals surface area (Å²) in [6.45, 7) is 16.4. The number of benzene rings is 1. The molecule has 10 aromatic heterocycles. The molecule has 482 valence electrons. The molecule has 0 amide bonds. The van der Waals surface area contributed by atoms with Crippen molar-refractivity contribution in [3.63, 3.8) is 0 Å². The van der Waals surface area contributed by atoms with Gasteiger partial charge in [-0.15, -0.1) is 11.6 Å². The molecule has 4 N–H and O–H groups in total. The highest BCUT2D eigenvalue weighted by molar-refractivity contribution is 9.10. The largest absolute Gasteiger partial charge is 0.507 e. The van der Waals surface area contributed by atoms with Gasteiger partial charge in [-0.3, -0.25) is 38.5 Å². The molecular formula is C64H72BBr2ClN14O10. The minimum Gasteiger partial charge on any atom is -0.486 e. The van der Waals surface area contributed by atoms with Crippen molar-refractivity contribution in [2.24, 2.45) is 0 Å². The van der Waals surface area contributed by atoms with Crippen LogP contribution in [0.4, 0.5) is 0 Å². The van der Waals surface area contributed by atoms with Crippen LogP contribution in [0.1, 0.15) is 135 Å². The van der Waals surface area contributed by atoms with Gasteiger partial charge in [0, 0.05) is 101 Å². The SMILES string of the molecule is C.CC(C)n1nccc1-c1cccnc1C(=O)O.CC(C)n1nccc1-c1cccnc1CCl.CC(C)n1nccc1-c1cccnc1COc1ccc2ncoc2c1C=O.CC(C)n1nccc1B(O)O.COC(=O)c1ncccc1Br.OCc1ncccc1Br. The van der Waals surface area contributed by atoms with Gasteiger partial charge in [0.05, 0.1) is 63.8 Å². The van der Waals surface area contributed by atoms with E-state index in [9.17, 15) is 14.4 Å². The fourth-order valence-electron chi connectivity index (χ4n) is 8.61. The number of rotatable bonds is 16. The third-order valence-corrected chi connectivity index (χ3v) is 14.4. The van der Waals surface area contributed by atoms with Gasteiger partial charge in [0.1, 0.15) is 23.4 Å². The van der Waals surface area contributed by atoms with E-state index in [1.165, 1.54) is 25.9 Å². The van der Waals surface area contributed by atoms with Gasteiger partial charge >= 0.3 is 19.1 Å². The van der Waals surface area contributed by atoms with Crippen LogP contribution in [0.25, 0.3) is 44.9 Å². The molecule has 1 aromatic carbocycles. The number of halogens is 3. The number of aromatic carboxylic acids is 1. The van der Waals surface area contributed by atoms with Gasteiger partial charge in [0.15, 0.2) is 29.7 Å². The maximum absolute atomic E-state index is 11.5. The molecule has 28 heteroatoms. The smallest absolute Gasteiger partial charge is 0.486 e. The number of fused-ring (bicyclic) bond motifs is 1. The molecule has 10 heterocycles. The molecule has 11 rings (SSSR count). The predicted octanol–water partition coefficient (Wildman–Crippen LogP) is 12.3. The van der Waals surface area contributed by atoms with Gasteiger partial charge < -0.3 is 34.2 Å². The van der Waals surface area contributed by atoms with Crippen LogP contribution < -0.4 is 10.3 Å². The number of aromatic nitrogens is 14. The standard InChI is InChI=1S/C20H18N4O3.C12H14ClN3.C12H13N3O2.C7H6BrNO2.C6H11BN2O2.C6H6BrNO.CH4/c1-13(2)24-18(7-9-23-24)14-4-3-8-21-17(14)11-26-19-6-5-16-20(15(19)10-25)27-12-22-16;1-9(2)16-12(5-7-15-16)10-4-3-6-14-11(10)8-13;1-8(2)15-10(5-7-14-15)9-4-3-6-13-11(9)12(16)17;1-11-7(10)6-5(8)3-2-4-9-6;1-5(2)9-6(7(10)11)3-4-8-9;7-5-2-1-3-8-6(5)4-9;/h3-10,12-13H,11H2,1-2H3;3-7,9H,8H2,1-2H3;3-8H,1-2H3,(H,16,17);2-4H,1H3;3-5,10-11H,1-2H3;1-3,9H,4H2;1H4. The molecule has 0 aliphatic rings. The number of aliphatic hydroxyl groups is 1. The second-order valence-electron chi connectivity index (χ2n) is 20.3. The normalized spacial score (nSPS) is 10.5. The van der Waals surface area contributed by atoms with Crippen LogP contribution in [0.2, 0.25) is 0 Å². The van der Waals surface area contributed by atoms with E-state index in [-0.39, 0.29) is 44.5 Å². The molecule has 92 heavy (non-hydrogen) atoms. The van der Waals surface area contributed by atoms with Crippen molar-refractivity contribution >= 4 is 85.5 Å². The van der Waals surface area contributed by atoms with Crippen molar-refractivity contribution < 1.29 is 48.5 Å². The van der Waals surface area contributed by atoms with E-state index in [4.69, 9.17) is 41.0 Å². The first-order valence-electron chi connectivity index (χ1n) is 28.2. The van der Waals surface area contributed by atoms with Crippen molar-refractivity contribution in [2.75, 3.05) is 7.11 Å². The summed E-state index contributed by atoms with van der Waals surface area (Å²) >= 11 is 12.3. The number of pyridine rings is 5. The van der Waals surface area contributed by atoms with Crippen molar-refractivity contribution in [2.45, 2.75) is 106 Å². The number of esters is 1. The maximum Gasteiger partial charge on any atom is 0.507 e. The van der Waals surface area contributed by atoms with E-state index >= 15 is 0 Å². The van der Waals surface area contributed by atoms with E-state index in [0.717, 1.165) is 50.4 Å². The molecular weight excluding hydrogens is 1330 g/mol. The monoisotopic (exact) mass is 1400 g/mol. The van der Waals surface area contributed by atoms with Crippen LogP contribution in [-0.4, -0.2) is 122 Å². The Morgan fingerprint density at radius 1 is 0.587 bits per heavy atom. The maximum atomic E-state index is 11.5. The molecule has 0 unspecified atom stereocenters. The highest BCUT2D eigenvalue weighted by Crippen LogP contribution is 2.30. The summed E-state index contributed by atoms with van der Waals surface area (Å²) in [6, 6.07) is 30.1. The Kier molecular flexibility index (Phi) is 29.3. The lowest BCUT2D eigenvalue weighted by Gasteiger charge is -2.14. The van der Waals surface area contributed by atoms with Gasteiger partial charge in [-0.05, 0) is 184 Å². The van der Waals surface area contributed by atoms with Crippen LogP contribution in [0.15, 0.2) is 173 Å². The number of aliphatic hydroxyl groups excluding tert-OH is 1. The second kappa shape index (κ2) is 36.7. The van der Waals surface area contributed by atoms with Crippen molar-refractivity contribution in [3.05, 3.63) is 202 Å². The Morgan fingerprint density at radius 2 is 1.04 bits per heavy atom. The average molecular weight is 1400 g/mol. The van der Waals surface area contributed by atoms with Crippen molar-refractivity contribution in [1.29, 1.82) is 0 Å². The fraction of sp³-hybridized carbons (Fsp3) is 0.266. The van der Waals surface area contributed by atoms with E-state index < -0.39 is 19.1 Å². The van der Waals surface area contributed by atoms with Crippen LogP contribution >= 0.6 is 43.5 Å². The molecule has 24 nitrogen and oxygen atoms in total. The molecule has 0 radical (unpaired) electrons. The number of carboxylic acid groups (broad SMARTS) is 1. The zero-order chi connectivity index (χ0) is 66.1. The van der Waals surface area contributed by atoms with Crippen LogP contribution in [0, 0.1) is 0 Å². The van der Waals surface area contributed by atoms with Crippen molar-refractivity contribution in [1.82, 2.24) is 69.0 Å². The van der Waals surface area contributed by atoms with Crippen LogP contribution in [-0.2, 0) is 23.8 Å². The van der Waals surface area contributed by atoms with Gasteiger partial charge in [0.25, 0.3) is 0 Å². The van der Waals surface area contributed by atoms with Crippen LogP contribution in [0.3, 0.4) is 0 Å². The molecule has 0 fully saturated rings. The summed E-state index contributed by atoms with van der Waals surface area (Å²) in [7, 11) is -0.108. The summed E-state index contributed by atoms with van der Waals surface area (Å²) in [4.78, 5) is 58.0. The molecule has 0 atom stereocenters. The Hall–Kier alpha value is -9.12. The first kappa shape index (κ1) is 73.6. The highest BCUT2D eigenvalue weighted by atomic mass is 79.9. The average Bonchev–Trinajstić information content (AvgIpc) is 1.63. The van der Waals surface area contributed by atoms with Gasteiger partial charge in [0.2, 0.25) is 0 Å². The number of hydrogen-bond acceptors (Lipinski definition) is 19. The third kappa shape index (κ3) is 19.7.